The Hall–Kier alpha value is -3.25. The molecule has 0 radical (unpaired) electrons. The van der Waals surface area contributed by atoms with E-state index >= 15 is 0 Å². The Morgan fingerprint density at radius 1 is 1.00 bits per heavy atom. The Bertz CT molecular complexity index is 1090. The van der Waals surface area contributed by atoms with Crippen molar-refractivity contribution in [3.8, 4) is 10.4 Å². The first-order valence-corrected chi connectivity index (χ1v) is 9.32. The molecule has 0 spiro atoms. The van der Waals surface area contributed by atoms with Crippen molar-refractivity contribution < 1.29 is 4.79 Å². The summed E-state index contributed by atoms with van der Waals surface area (Å²) in [7, 11) is 3.49. The maximum Gasteiger partial charge on any atom is 0.253 e. The van der Waals surface area contributed by atoms with Crippen LogP contribution in [0.1, 0.15) is 10.4 Å². The van der Waals surface area contributed by atoms with Gasteiger partial charge < -0.3 is 10.2 Å². The fraction of sp³-hybridized carbons (Fsp3) is 0.0952. The number of rotatable bonds is 4. The second kappa shape index (κ2) is 7.17. The fourth-order valence-corrected chi connectivity index (χ4v) is 3.80. The number of hydrogen-bond acceptors (Lipinski definition) is 5. The molecule has 0 aliphatic rings. The number of hydrogen-bond donors (Lipinski definition) is 1. The Morgan fingerprint density at radius 2 is 1.74 bits per heavy atom. The molecule has 0 aliphatic heterocycles. The summed E-state index contributed by atoms with van der Waals surface area (Å²) < 4.78 is 0. The molecule has 0 fully saturated rings. The lowest BCUT2D eigenvalue weighted by Crippen LogP contribution is -2.21. The molecule has 0 unspecified atom stereocenters. The van der Waals surface area contributed by atoms with E-state index in [1.165, 1.54) is 0 Å². The zero-order valence-corrected chi connectivity index (χ0v) is 15.8. The van der Waals surface area contributed by atoms with Crippen molar-refractivity contribution in [3.63, 3.8) is 0 Å². The van der Waals surface area contributed by atoms with E-state index in [-0.39, 0.29) is 5.91 Å². The minimum Gasteiger partial charge on any atom is -0.345 e. The van der Waals surface area contributed by atoms with Crippen molar-refractivity contribution in [3.05, 3.63) is 72.6 Å². The quantitative estimate of drug-likeness (QED) is 0.557. The first-order chi connectivity index (χ1) is 13.1. The zero-order chi connectivity index (χ0) is 18.8. The third-order valence-corrected chi connectivity index (χ3v) is 5.28. The van der Waals surface area contributed by atoms with Gasteiger partial charge in [0.05, 0.1) is 5.39 Å². The highest BCUT2D eigenvalue weighted by molar-refractivity contribution is 7.21. The SMILES string of the molecule is CN(C)C(=O)c1ccc(Nc2ncnc3sc(-c4ccccc4)cc23)cc1. The Kier molecular flexibility index (Phi) is 4.56. The van der Waals surface area contributed by atoms with Crippen molar-refractivity contribution in [2.24, 2.45) is 0 Å². The van der Waals surface area contributed by atoms with E-state index in [1.807, 2.05) is 42.5 Å². The number of nitrogens with zero attached hydrogens (tertiary/aromatic N) is 3. The number of carbonyl (C=O) groups excluding carboxylic acids is 1. The number of anilines is 2. The average molecular weight is 374 g/mol. The molecule has 0 saturated carbocycles. The summed E-state index contributed by atoms with van der Waals surface area (Å²) in [4.78, 5) is 24.5. The molecule has 4 aromatic rings. The number of fused-ring (bicyclic) bond motifs is 1. The largest absolute Gasteiger partial charge is 0.345 e. The van der Waals surface area contributed by atoms with E-state index < -0.39 is 0 Å². The molecule has 134 valence electrons. The summed E-state index contributed by atoms with van der Waals surface area (Å²) in [6, 6.07) is 19.7. The lowest BCUT2D eigenvalue weighted by atomic mass is 10.1. The van der Waals surface area contributed by atoms with Gasteiger partial charge in [0.25, 0.3) is 5.91 Å². The first kappa shape index (κ1) is 17.2. The molecule has 1 amide bonds. The van der Waals surface area contributed by atoms with Gasteiger partial charge in [-0.1, -0.05) is 30.3 Å². The van der Waals surface area contributed by atoms with Gasteiger partial charge in [-0.2, -0.15) is 0 Å². The average Bonchev–Trinajstić information content (AvgIpc) is 3.14. The van der Waals surface area contributed by atoms with Crippen molar-refractivity contribution in [2.45, 2.75) is 0 Å². The molecule has 2 aromatic carbocycles. The fourth-order valence-electron chi connectivity index (χ4n) is 2.79. The van der Waals surface area contributed by atoms with E-state index in [0.717, 1.165) is 32.2 Å². The van der Waals surface area contributed by atoms with Crippen LogP contribution < -0.4 is 5.32 Å². The van der Waals surface area contributed by atoms with Crippen molar-refractivity contribution in [2.75, 3.05) is 19.4 Å². The van der Waals surface area contributed by atoms with Crippen LogP contribution >= 0.6 is 11.3 Å². The van der Waals surface area contributed by atoms with Crippen LogP contribution in [0.4, 0.5) is 11.5 Å². The maximum absolute atomic E-state index is 12.0. The number of nitrogens with one attached hydrogen (secondary N) is 1. The van der Waals surface area contributed by atoms with Crippen molar-refractivity contribution in [1.29, 1.82) is 0 Å². The molecule has 4 rings (SSSR count). The van der Waals surface area contributed by atoms with Gasteiger partial charge in [-0.15, -0.1) is 11.3 Å². The lowest BCUT2D eigenvalue weighted by Gasteiger charge is -2.11. The minimum absolute atomic E-state index is 0.0173. The van der Waals surface area contributed by atoms with Gasteiger partial charge in [0, 0.05) is 30.2 Å². The van der Waals surface area contributed by atoms with Crippen LogP contribution in [0.2, 0.25) is 0 Å². The summed E-state index contributed by atoms with van der Waals surface area (Å²) in [5.41, 5.74) is 2.69. The molecule has 0 atom stereocenters. The Morgan fingerprint density at radius 3 is 2.44 bits per heavy atom. The zero-order valence-electron chi connectivity index (χ0n) is 15.0. The van der Waals surface area contributed by atoms with Crippen LogP contribution in [-0.2, 0) is 0 Å². The summed E-state index contributed by atoms with van der Waals surface area (Å²) in [6.07, 6.45) is 1.57. The molecule has 0 bridgehead atoms. The monoisotopic (exact) mass is 374 g/mol. The smallest absolute Gasteiger partial charge is 0.253 e. The van der Waals surface area contributed by atoms with Crippen molar-refractivity contribution >= 4 is 39.0 Å². The highest BCUT2D eigenvalue weighted by Crippen LogP contribution is 2.35. The van der Waals surface area contributed by atoms with Gasteiger partial charge in [-0.25, -0.2) is 9.97 Å². The lowest BCUT2D eigenvalue weighted by molar-refractivity contribution is 0.0827. The predicted octanol–water partition coefficient (Wildman–Crippen LogP) is 4.80. The normalized spacial score (nSPS) is 10.7. The van der Waals surface area contributed by atoms with Crippen LogP contribution in [0.25, 0.3) is 20.7 Å². The number of amides is 1. The third-order valence-electron chi connectivity index (χ3n) is 4.19. The molecule has 2 aromatic heterocycles. The number of aromatic nitrogens is 2. The molecule has 0 saturated heterocycles. The van der Waals surface area contributed by atoms with Gasteiger partial charge >= 0.3 is 0 Å². The van der Waals surface area contributed by atoms with Gasteiger partial charge in [0.1, 0.15) is 17.0 Å². The predicted molar refractivity (Wildman–Crippen MR) is 111 cm³/mol. The van der Waals surface area contributed by atoms with E-state index in [4.69, 9.17) is 0 Å². The summed E-state index contributed by atoms with van der Waals surface area (Å²) in [6.45, 7) is 0. The van der Waals surface area contributed by atoms with Crippen molar-refractivity contribution in [1.82, 2.24) is 14.9 Å². The topological polar surface area (TPSA) is 58.1 Å². The number of benzene rings is 2. The molecule has 1 N–H and O–H groups in total. The molecule has 27 heavy (non-hydrogen) atoms. The standard InChI is InChI=1S/C21H18N4OS/c1-25(2)21(26)15-8-10-16(11-9-15)24-19-17-12-18(14-6-4-3-5-7-14)27-20(17)23-13-22-19/h3-13H,1-2H3,(H,22,23,24). The summed E-state index contributed by atoms with van der Waals surface area (Å²) in [5, 5.41) is 4.32. The number of carbonyl (C=O) groups is 1. The first-order valence-electron chi connectivity index (χ1n) is 8.50. The van der Waals surface area contributed by atoms with Crippen LogP contribution in [-0.4, -0.2) is 34.9 Å². The van der Waals surface area contributed by atoms with Gasteiger partial charge in [-0.3, -0.25) is 4.79 Å². The second-order valence-electron chi connectivity index (χ2n) is 6.32. The van der Waals surface area contributed by atoms with E-state index in [2.05, 4.69) is 33.5 Å². The van der Waals surface area contributed by atoms with E-state index in [9.17, 15) is 4.79 Å². The van der Waals surface area contributed by atoms with Crippen LogP contribution in [0.3, 0.4) is 0 Å². The highest BCUT2D eigenvalue weighted by atomic mass is 32.1. The highest BCUT2D eigenvalue weighted by Gasteiger charge is 2.11. The molecule has 0 aliphatic carbocycles. The van der Waals surface area contributed by atoms with Gasteiger partial charge in [0.2, 0.25) is 0 Å². The third kappa shape index (κ3) is 3.52. The van der Waals surface area contributed by atoms with E-state index in [1.54, 1.807) is 36.7 Å². The Balaban J connectivity index is 1.64. The Labute approximate surface area is 161 Å². The molecule has 2 heterocycles. The number of thiophene rings is 1. The van der Waals surface area contributed by atoms with Crippen LogP contribution in [0.5, 0.6) is 0 Å². The summed E-state index contributed by atoms with van der Waals surface area (Å²) >= 11 is 1.64. The minimum atomic E-state index is -0.0173. The van der Waals surface area contributed by atoms with Gasteiger partial charge in [-0.05, 0) is 35.9 Å². The second-order valence-corrected chi connectivity index (χ2v) is 7.35. The van der Waals surface area contributed by atoms with Gasteiger partial charge in [0.15, 0.2) is 0 Å². The summed E-state index contributed by atoms with van der Waals surface area (Å²) in [5.74, 6) is 0.737. The molecule has 6 heteroatoms. The van der Waals surface area contributed by atoms with E-state index in [0.29, 0.717) is 5.56 Å². The molecular weight excluding hydrogens is 356 g/mol. The maximum atomic E-state index is 12.0. The van der Waals surface area contributed by atoms with Crippen LogP contribution in [0.15, 0.2) is 67.0 Å². The molecular formula is C21H18N4OS. The molecule has 5 nitrogen and oxygen atoms in total. The van der Waals surface area contributed by atoms with Crippen LogP contribution in [0, 0.1) is 0 Å².